The monoisotopic (exact) mass is 271 g/mol. The van der Waals surface area contributed by atoms with Gasteiger partial charge in [0.05, 0.1) is 6.61 Å². The number of hydrogen-bond acceptors (Lipinski definition) is 2. The Bertz CT molecular complexity index is 480. The second-order valence-electron chi connectivity index (χ2n) is 5.91. The van der Waals surface area contributed by atoms with Gasteiger partial charge >= 0.3 is 0 Å². The highest BCUT2D eigenvalue weighted by Gasteiger charge is 2.33. The van der Waals surface area contributed by atoms with Gasteiger partial charge in [0, 0.05) is 17.5 Å². The summed E-state index contributed by atoms with van der Waals surface area (Å²) in [6, 6.07) is 8.99. The Kier molecular flexibility index (Phi) is 4.41. The van der Waals surface area contributed by atoms with Gasteiger partial charge in [-0.2, -0.15) is 0 Å². The van der Waals surface area contributed by atoms with Crippen LogP contribution in [0.25, 0.3) is 0 Å². The predicted octanol–water partition coefficient (Wildman–Crippen LogP) is 4.03. The van der Waals surface area contributed by atoms with E-state index in [2.05, 4.69) is 42.6 Å². The summed E-state index contributed by atoms with van der Waals surface area (Å²) in [5.74, 6) is 1.55. The van der Waals surface area contributed by atoms with Crippen LogP contribution in [-0.4, -0.2) is 19.2 Å². The van der Waals surface area contributed by atoms with Crippen molar-refractivity contribution in [1.29, 1.82) is 0 Å². The zero-order chi connectivity index (χ0) is 13.8. The van der Waals surface area contributed by atoms with Crippen LogP contribution >= 0.6 is 0 Å². The van der Waals surface area contributed by atoms with Gasteiger partial charge < -0.3 is 10.1 Å². The molecule has 0 saturated heterocycles. The van der Waals surface area contributed by atoms with E-state index in [1.54, 1.807) is 5.57 Å². The van der Waals surface area contributed by atoms with Crippen molar-refractivity contribution in [1.82, 2.24) is 5.32 Å². The predicted molar refractivity (Wildman–Crippen MR) is 83.3 cm³/mol. The first-order valence-electron chi connectivity index (χ1n) is 8.04. The smallest absolute Gasteiger partial charge is 0.122 e. The van der Waals surface area contributed by atoms with E-state index in [9.17, 15) is 0 Å². The van der Waals surface area contributed by atoms with E-state index in [-0.39, 0.29) is 0 Å². The minimum atomic E-state index is 0.457. The second kappa shape index (κ2) is 6.45. The number of ether oxygens (including phenoxy) is 1. The number of benzene rings is 1. The van der Waals surface area contributed by atoms with Crippen LogP contribution in [0.5, 0.6) is 5.75 Å². The van der Waals surface area contributed by atoms with Crippen LogP contribution in [0.2, 0.25) is 0 Å². The molecule has 0 aromatic heterocycles. The lowest BCUT2D eigenvalue weighted by molar-refractivity contribution is 0.306. The molecule has 0 bridgehead atoms. The molecule has 2 aliphatic rings. The van der Waals surface area contributed by atoms with Gasteiger partial charge in [0.1, 0.15) is 5.75 Å². The van der Waals surface area contributed by atoms with Crippen molar-refractivity contribution in [2.75, 3.05) is 13.2 Å². The summed E-state index contributed by atoms with van der Waals surface area (Å²) in [6.07, 6.45) is 8.83. The maximum absolute atomic E-state index is 5.90. The third-order valence-electron chi connectivity index (χ3n) is 4.48. The maximum atomic E-state index is 5.90. The highest BCUT2D eigenvalue weighted by molar-refractivity contribution is 5.42. The van der Waals surface area contributed by atoms with Crippen LogP contribution in [0.3, 0.4) is 0 Å². The van der Waals surface area contributed by atoms with Crippen molar-refractivity contribution < 1.29 is 4.74 Å². The zero-order valence-corrected chi connectivity index (χ0v) is 12.4. The molecule has 0 spiro atoms. The molecule has 1 N–H and O–H groups in total. The molecular formula is C18H25NO. The minimum absolute atomic E-state index is 0.457. The SMILES string of the molecule is CCCNC(C1=CCCCC1)C1COc2ccccc21. The van der Waals surface area contributed by atoms with Crippen LogP contribution in [0.1, 0.15) is 50.5 Å². The van der Waals surface area contributed by atoms with Gasteiger partial charge in [-0.1, -0.05) is 36.8 Å². The van der Waals surface area contributed by atoms with Crippen molar-refractivity contribution in [3.8, 4) is 5.75 Å². The quantitative estimate of drug-likeness (QED) is 0.816. The number of para-hydroxylation sites is 1. The molecule has 2 unspecified atom stereocenters. The van der Waals surface area contributed by atoms with Gasteiger partial charge in [0.15, 0.2) is 0 Å². The summed E-state index contributed by atoms with van der Waals surface area (Å²) in [5, 5.41) is 3.77. The molecule has 2 heteroatoms. The van der Waals surface area contributed by atoms with Gasteiger partial charge in [0.2, 0.25) is 0 Å². The van der Waals surface area contributed by atoms with Crippen molar-refractivity contribution >= 4 is 0 Å². The van der Waals surface area contributed by atoms with Crippen molar-refractivity contribution in [3.63, 3.8) is 0 Å². The molecule has 0 radical (unpaired) electrons. The van der Waals surface area contributed by atoms with E-state index in [1.807, 2.05) is 0 Å². The molecule has 2 nitrogen and oxygen atoms in total. The van der Waals surface area contributed by atoms with Crippen molar-refractivity contribution in [2.45, 2.75) is 51.0 Å². The zero-order valence-electron chi connectivity index (χ0n) is 12.4. The first kappa shape index (κ1) is 13.7. The third-order valence-corrected chi connectivity index (χ3v) is 4.48. The molecule has 1 aliphatic carbocycles. The summed E-state index contributed by atoms with van der Waals surface area (Å²) in [5.41, 5.74) is 2.99. The van der Waals surface area contributed by atoms with E-state index < -0.39 is 0 Å². The molecule has 0 saturated carbocycles. The molecule has 20 heavy (non-hydrogen) atoms. The number of nitrogens with one attached hydrogen (secondary N) is 1. The van der Waals surface area contributed by atoms with Gasteiger partial charge in [0.25, 0.3) is 0 Å². The van der Waals surface area contributed by atoms with E-state index in [4.69, 9.17) is 4.74 Å². The fourth-order valence-corrected chi connectivity index (χ4v) is 3.44. The first-order valence-corrected chi connectivity index (χ1v) is 8.04. The topological polar surface area (TPSA) is 21.3 Å². The van der Waals surface area contributed by atoms with Crippen LogP contribution in [-0.2, 0) is 0 Å². The Balaban J connectivity index is 1.84. The number of rotatable bonds is 5. The van der Waals surface area contributed by atoms with Crippen LogP contribution in [0.15, 0.2) is 35.9 Å². The Labute approximate surface area is 122 Å². The third kappa shape index (κ3) is 2.76. The molecule has 2 atom stereocenters. The normalized spacial score (nSPS) is 22.9. The van der Waals surface area contributed by atoms with Crippen molar-refractivity contribution in [2.24, 2.45) is 0 Å². The van der Waals surface area contributed by atoms with E-state index >= 15 is 0 Å². The molecule has 108 valence electrons. The Hall–Kier alpha value is -1.28. The Morgan fingerprint density at radius 2 is 2.20 bits per heavy atom. The average Bonchev–Trinajstić information content (AvgIpc) is 2.93. The molecule has 1 aromatic rings. The van der Waals surface area contributed by atoms with E-state index in [0.29, 0.717) is 12.0 Å². The molecule has 1 aliphatic heterocycles. The molecule has 1 heterocycles. The highest BCUT2D eigenvalue weighted by Crippen LogP contribution is 2.39. The minimum Gasteiger partial charge on any atom is -0.493 e. The van der Waals surface area contributed by atoms with Gasteiger partial charge in [-0.05, 0) is 44.7 Å². The lowest BCUT2D eigenvalue weighted by Gasteiger charge is -2.29. The second-order valence-corrected chi connectivity index (χ2v) is 5.91. The summed E-state index contributed by atoms with van der Waals surface area (Å²) >= 11 is 0. The standard InChI is InChI=1S/C18H25NO/c1-2-12-19-18(14-8-4-3-5-9-14)16-13-20-17-11-7-6-10-15(16)17/h6-8,10-11,16,18-19H,2-5,9,12-13H2,1H3. The average molecular weight is 271 g/mol. The summed E-state index contributed by atoms with van der Waals surface area (Å²) in [6.45, 7) is 4.14. The van der Waals surface area contributed by atoms with Gasteiger partial charge in [-0.15, -0.1) is 0 Å². The molecule has 0 amide bonds. The first-order chi connectivity index (χ1) is 9.90. The number of allylic oxidation sites excluding steroid dienone is 1. The molecule has 3 rings (SSSR count). The fraction of sp³-hybridized carbons (Fsp3) is 0.556. The van der Waals surface area contributed by atoms with Gasteiger partial charge in [-0.25, -0.2) is 0 Å². The van der Waals surface area contributed by atoms with E-state index in [1.165, 1.54) is 37.7 Å². The summed E-state index contributed by atoms with van der Waals surface area (Å²) in [4.78, 5) is 0. The molecular weight excluding hydrogens is 246 g/mol. The van der Waals surface area contributed by atoms with Crippen LogP contribution < -0.4 is 10.1 Å². The Morgan fingerprint density at radius 1 is 1.30 bits per heavy atom. The largest absolute Gasteiger partial charge is 0.493 e. The summed E-state index contributed by atoms with van der Waals surface area (Å²) < 4.78 is 5.90. The fourth-order valence-electron chi connectivity index (χ4n) is 3.44. The van der Waals surface area contributed by atoms with Gasteiger partial charge in [-0.3, -0.25) is 0 Å². The number of hydrogen-bond donors (Lipinski definition) is 1. The molecule has 1 aromatic carbocycles. The highest BCUT2D eigenvalue weighted by atomic mass is 16.5. The summed E-state index contributed by atoms with van der Waals surface area (Å²) in [7, 11) is 0. The van der Waals surface area contributed by atoms with E-state index in [0.717, 1.165) is 18.9 Å². The number of fused-ring (bicyclic) bond motifs is 1. The van der Waals surface area contributed by atoms with Crippen LogP contribution in [0, 0.1) is 0 Å². The molecule has 0 fully saturated rings. The lowest BCUT2D eigenvalue weighted by atomic mass is 9.83. The maximum Gasteiger partial charge on any atom is 0.122 e. The lowest BCUT2D eigenvalue weighted by Crippen LogP contribution is -2.38. The van der Waals surface area contributed by atoms with Crippen molar-refractivity contribution in [3.05, 3.63) is 41.5 Å². The van der Waals surface area contributed by atoms with Crippen LogP contribution in [0.4, 0.5) is 0 Å². The Morgan fingerprint density at radius 3 is 3.00 bits per heavy atom.